The molecule has 0 saturated heterocycles. The Kier molecular flexibility index (Phi) is 6.83. The van der Waals surface area contributed by atoms with Crippen LogP contribution in [0.2, 0.25) is 0 Å². The first-order valence-electron chi connectivity index (χ1n) is 10.00. The smallest absolute Gasteiger partial charge is 0.0991 e. The van der Waals surface area contributed by atoms with Crippen molar-refractivity contribution in [1.29, 1.82) is 5.26 Å². The third-order valence-corrected chi connectivity index (χ3v) is 5.09. The van der Waals surface area contributed by atoms with Crippen LogP contribution in [0.5, 0.6) is 0 Å². The van der Waals surface area contributed by atoms with E-state index in [9.17, 15) is 0 Å². The normalized spacial score (nSPS) is 10.5. The summed E-state index contributed by atoms with van der Waals surface area (Å²) in [7, 11) is 0. The van der Waals surface area contributed by atoms with Crippen molar-refractivity contribution in [3.8, 4) is 28.3 Å². The Labute approximate surface area is 163 Å². The van der Waals surface area contributed by atoms with E-state index in [1.807, 2.05) is 24.3 Å². The number of nitrogens with zero attached hydrogens (tertiary/aromatic N) is 1. The number of aryl methyl sites for hydroxylation is 1. The van der Waals surface area contributed by atoms with E-state index in [2.05, 4.69) is 61.5 Å². The second-order valence-electron chi connectivity index (χ2n) is 7.13. The van der Waals surface area contributed by atoms with Crippen LogP contribution in [0, 0.1) is 11.3 Å². The molecule has 0 aliphatic rings. The summed E-state index contributed by atoms with van der Waals surface area (Å²) in [5.74, 6) is 0. The molecule has 0 fully saturated rings. The van der Waals surface area contributed by atoms with Crippen LogP contribution in [0.4, 0.5) is 0 Å². The van der Waals surface area contributed by atoms with Crippen molar-refractivity contribution in [3.05, 3.63) is 83.9 Å². The molecule has 0 spiro atoms. The van der Waals surface area contributed by atoms with Gasteiger partial charge in [-0.3, -0.25) is 0 Å². The molecular formula is C26H27N. The highest BCUT2D eigenvalue weighted by Gasteiger charge is 2.02. The third-order valence-electron chi connectivity index (χ3n) is 5.09. The quantitative estimate of drug-likeness (QED) is 0.387. The molecule has 3 aromatic rings. The van der Waals surface area contributed by atoms with E-state index in [0.29, 0.717) is 5.56 Å². The fourth-order valence-electron chi connectivity index (χ4n) is 3.39. The molecule has 136 valence electrons. The van der Waals surface area contributed by atoms with Gasteiger partial charge in [0, 0.05) is 0 Å². The van der Waals surface area contributed by atoms with E-state index in [4.69, 9.17) is 5.26 Å². The lowest BCUT2D eigenvalue weighted by molar-refractivity contribution is 0.632. The van der Waals surface area contributed by atoms with Crippen molar-refractivity contribution in [2.24, 2.45) is 0 Å². The molecule has 0 aromatic heterocycles. The Morgan fingerprint density at radius 2 is 1.04 bits per heavy atom. The SMILES string of the molecule is CCCCCCCc1ccc(-c2ccc(-c3ccc(C#N)cc3)cc2)cc1. The number of rotatable bonds is 8. The molecule has 0 bridgehead atoms. The maximum atomic E-state index is 8.91. The second kappa shape index (κ2) is 9.74. The zero-order chi connectivity index (χ0) is 18.9. The van der Waals surface area contributed by atoms with Crippen LogP contribution >= 0.6 is 0 Å². The molecule has 27 heavy (non-hydrogen) atoms. The number of hydrogen-bond donors (Lipinski definition) is 0. The standard InChI is InChI=1S/C26H27N/c1-2-3-4-5-6-7-21-8-12-23(13-9-21)25-16-18-26(19-17-25)24-14-10-22(20-27)11-15-24/h8-19H,2-7H2,1H3. The van der Waals surface area contributed by atoms with E-state index >= 15 is 0 Å². The van der Waals surface area contributed by atoms with Crippen LogP contribution in [0.3, 0.4) is 0 Å². The van der Waals surface area contributed by atoms with E-state index in [1.165, 1.54) is 60.8 Å². The molecule has 0 unspecified atom stereocenters. The van der Waals surface area contributed by atoms with Gasteiger partial charge in [0.15, 0.2) is 0 Å². The lowest BCUT2D eigenvalue weighted by Crippen LogP contribution is -1.87. The summed E-state index contributed by atoms with van der Waals surface area (Å²) >= 11 is 0. The third kappa shape index (κ3) is 5.31. The van der Waals surface area contributed by atoms with Gasteiger partial charge in [-0.15, -0.1) is 0 Å². The molecule has 0 aliphatic heterocycles. The lowest BCUT2D eigenvalue weighted by Gasteiger charge is -2.07. The Bertz CT molecular complexity index is 865. The summed E-state index contributed by atoms with van der Waals surface area (Å²) in [6.45, 7) is 2.26. The highest BCUT2D eigenvalue weighted by Crippen LogP contribution is 2.25. The molecule has 1 nitrogen and oxygen atoms in total. The van der Waals surface area contributed by atoms with Gasteiger partial charge in [-0.2, -0.15) is 5.26 Å². The molecular weight excluding hydrogens is 326 g/mol. The van der Waals surface area contributed by atoms with E-state index in [0.717, 1.165) is 5.56 Å². The van der Waals surface area contributed by atoms with Crippen molar-refractivity contribution < 1.29 is 0 Å². The molecule has 0 heterocycles. The summed E-state index contributed by atoms with van der Waals surface area (Å²) in [4.78, 5) is 0. The lowest BCUT2D eigenvalue weighted by atomic mass is 9.98. The van der Waals surface area contributed by atoms with Crippen molar-refractivity contribution >= 4 is 0 Å². The fourth-order valence-corrected chi connectivity index (χ4v) is 3.39. The van der Waals surface area contributed by atoms with Gasteiger partial charge in [0.05, 0.1) is 11.6 Å². The van der Waals surface area contributed by atoms with Gasteiger partial charge in [0.1, 0.15) is 0 Å². The van der Waals surface area contributed by atoms with Gasteiger partial charge in [-0.1, -0.05) is 93.3 Å². The predicted molar refractivity (Wildman–Crippen MR) is 114 cm³/mol. The first kappa shape index (κ1) is 18.9. The van der Waals surface area contributed by atoms with Gasteiger partial charge in [-0.25, -0.2) is 0 Å². The summed E-state index contributed by atoms with van der Waals surface area (Å²) < 4.78 is 0. The highest BCUT2D eigenvalue weighted by atomic mass is 14.2. The van der Waals surface area contributed by atoms with Crippen LogP contribution in [-0.2, 0) is 6.42 Å². The summed E-state index contributed by atoms with van der Waals surface area (Å²) in [6.07, 6.45) is 7.84. The Hall–Kier alpha value is -2.85. The van der Waals surface area contributed by atoms with Gasteiger partial charge in [0.25, 0.3) is 0 Å². The number of unbranched alkanes of at least 4 members (excludes halogenated alkanes) is 4. The number of benzene rings is 3. The van der Waals surface area contributed by atoms with Gasteiger partial charge >= 0.3 is 0 Å². The Balaban J connectivity index is 1.62. The minimum atomic E-state index is 0.695. The first-order valence-corrected chi connectivity index (χ1v) is 10.00. The molecule has 3 rings (SSSR count). The molecule has 0 aliphatic carbocycles. The van der Waals surface area contributed by atoms with Crippen LogP contribution in [-0.4, -0.2) is 0 Å². The van der Waals surface area contributed by atoms with Crippen molar-refractivity contribution in [2.75, 3.05) is 0 Å². The van der Waals surface area contributed by atoms with Crippen molar-refractivity contribution in [1.82, 2.24) is 0 Å². The average molecular weight is 354 g/mol. The second-order valence-corrected chi connectivity index (χ2v) is 7.13. The van der Waals surface area contributed by atoms with Crippen LogP contribution in [0.25, 0.3) is 22.3 Å². The van der Waals surface area contributed by atoms with Crippen molar-refractivity contribution in [2.45, 2.75) is 45.4 Å². The minimum Gasteiger partial charge on any atom is -0.192 e. The van der Waals surface area contributed by atoms with Crippen LogP contribution < -0.4 is 0 Å². The number of hydrogen-bond acceptors (Lipinski definition) is 1. The molecule has 1 heteroatoms. The maximum absolute atomic E-state index is 8.91. The number of nitriles is 1. The molecule has 0 N–H and O–H groups in total. The van der Waals surface area contributed by atoms with Gasteiger partial charge in [-0.05, 0) is 52.8 Å². The van der Waals surface area contributed by atoms with Crippen molar-refractivity contribution in [3.63, 3.8) is 0 Å². The predicted octanol–water partition coefficient (Wildman–Crippen LogP) is 7.41. The maximum Gasteiger partial charge on any atom is 0.0991 e. The highest BCUT2D eigenvalue weighted by molar-refractivity contribution is 5.70. The molecule has 0 amide bonds. The summed E-state index contributed by atoms with van der Waals surface area (Å²) in [5, 5.41) is 8.91. The van der Waals surface area contributed by atoms with E-state index < -0.39 is 0 Å². The van der Waals surface area contributed by atoms with Gasteiger partial charge in [0.2, 0.25) is 0 Å². The average Bonchev–Trinajstić information content (AvgIpc) is 2.74. The molecule has 0 atom stereocenters. The summed E-state index contributed by atoms with van der Waals surface area (Å²) in [6, 6.07) is 27.6. The molecule has 0 radical (unpaired) electrons. The monoisotopic (exact) mass is 353 g/mol. The fraction of sp³-hybridized carbons (Fsp3) is 0.269. The van der Waals surface area contributed by atoms with Crippen LogP contribution in [0.1, 0.15) is 50.2 Å². The first-order chi connectivity index (χ1) is 13.3. The minimum absolute atomic E-state index is 0.695. The Morgan fingerprint density at radius 1 is 0.593 bits per heavy atom. The van der Waals surface area contributed by atoms with E-state index in [1.54, 1.807) is 0 Å². The zero-order valence-electron chi connectivity index (χ0n) is 16.1. The Morgan fingerprint density at radius 3 is 1.52 bits per heavy atom. The molecule has 3 aromatic carbocycles. The largest absolute Gasteiger partial charge is 0.192 e. The van der Waals surface area contributed by atoms with Crippen LogP contribution in [0.15, 0.2) is 72.8 Å². The zero-order valence-corrected chi connectivity index (χ0v) is 16.1. The van der Waals surface area contributed by atoms with E-state index in [-0.39, 0.29) is 0 Å². The van der Waals surface area contributed by atoms with Gasteiger partial charge < -0.3 is 0 Å². The molecule has 0 saturated carbocycles. The summed E-state index contributed by atoms with van der Waals surface area (Å²) in [5.41, 5.74) is 6.94. The topological polar surface area (TPSA) is 23.8 Å².